The summed E-state index contributed by atoms with van der Waals surface area (Å²) in [7, 11) is 1.64. The largest absolute Gasteiger partial charge is 0.363 e. The van der Waals surface area contributed by atoms with Gasteiger partial charge in [-0.2, -0.15) is 0 Å². The van der Waals surface area contributed by atoms with Gasteiger partial charge >= 0.3 is 0 Å². The first-order valence-electron chi connectivity index (χ1n) is 7.45. The Labute approximate surface area is 125 Å². The SMILES string of the molecule is CCCc1ncc(CN2CCO[C@@](C)(C(=O)NC)C2)cn1. The van der Waals surface area contributed by atoms with Crippen molar-refractivity contribution >= 4 is 5.91 Å². The molecule has 1 amide bonds. The molecule has 0 aromatic carbocycles. The van der Waals surface area contributed by atoms with E-state index in [1.807, 2.05) is 19.3 Å². The first kappa shape index (κ1) is 15.9. The van der Waals surface area contributed by atoms with E-state index in [-0.39, 0.29) is 5.91 Å². The molecule has 2 heterocycles. The van der Waals surface area contributed by atoms with Gasteiger partial charge in [0, 0.05) is 51.1 Å². The summed E-state index contributed by atoms with van der Waals surface area (Å²) < 4.78 is 5.65. The third-order valence-corrected chi connectivity index (χ3v) is 3.70. The van der Waals surface area contributed by atoms with Crippen molar-refractivity contribution in [2.24, 2.45) is 0 Å². The molecule has 2 rings (SSSR count). The Bertz CT molecular complexity index is 477. The van der Waals surface area contributed by atoms with Gasteiger partial charge in [0.2, 0.25) is 0 Å². The van der Waals surface area contributed by atoms with Gasteiger partial charge < -0.3 is 10.1 Å². The van der Waals surface area contributed by atoms with Gasteiger partial charge in [-0.1, -0.05) is 6.92 Å². The highest BCUT2D eigenvalue weighted by atomic mass is 16.5. The standard InChI is InChI=1S/C15H24N4O2/c1-4-5-13-17-8-12(9-18-13)10-19-6-7-21-15(2,11-19)14(20)16-3/h8-9H,4-7,10-11H2,1-3H3,(H,16,20)/t15-/m1/s1. The second-order valence-corrected chi connectivity index (χ2v) is 5.63. The van der Waals surface area contributed by atoms with Crippen LogP contribution in [0.2, 0.25) is 0 Å². The number of nitrogens with zero attached hydrogens (tertiary/aromatic N) is 3. The lowest BCUT2D eigenvalue weighted by Gasteiger charge is -2.38. The molecule has 6 heteroatoms. The molecule has 1 aromatic rings. The second-order valence-electron chi connectivity index (χ2n) is 5.63. The quantitative estimate of drug-likeness (QED) is 0.868. The second kappa shape index (κ2) is 6.95. The molecule has 116 valence electrons. The minimum Gasteiger partial charge on any atom is -0.363 e. The van der Waals surface area contributed by atoms with Gasteiger partial charge in [-0.15, -0.1) is 0 Å². The Kier molecular flexibility index (Phi) is 5.25. The minimum absolute atomic E-state index is 0.0817. The normalized spacial score (nSPS) is 23.0. The summed E-state index contributed by atoms with van der Waals surface area (Å²) in [5.74, 6) is 0.806. The van der Waals surface area contributed by atoms with E-state index >= 15 is 0 Å². The van der Waals surface area contributed by atoms with Crippen molar-refractivity contribution in [2.75, 3.05) is 26.7 Å². The number of aromatic nitrogens is 2. The maximum Gasteiger partial charge on any atom is 0.253 e. The number of hydrogen-bond acceptors (Lipinski definition) is 5. The zero-order valence-electron chi connectivity index (χ0n) is 13.1. The van der Waals surface area contributed by atoms with Crippen molar-refractivity contribution in [1.82, 2.24) is 20.2 Å². The Hall–Kier alpha value is -1.53. The lowest BCUT2D eigenvalue weighted by molar-refractivity contribution is -0.156. The summed E-state index contributed by atoms with van der Waals surface area (Å²) in [6, 6.07) is 0. The highest BCUT2D eigenvalue weighted by molar-refractivity contribution is 5.84. The number of hydrogen-bond donors (Lipinski definition) is 1. The van der Waals surface area contributed by atoms with E-state index < -0.39 is 5.60 Å². The van der Waals surface area contributed by atoms with Crippen LogP contribution in [0.1, 0.15) is 31.7 Å². The Balaban J connectivity index is 1.97. The van der Waals surface area contributed by atoms with Crippen LogP contribution >= 0.6 is 0 Å². The molecule has 21 heavy (non-hydrogen) atoms. The molecule has 0 radical (unpaired) electrons. The van der Waals surface area contributed by atoms with Crippen LogP contribution in [0, 0.1) is 0 Å². The molecule has 0 spiro atoms. The number of amides is 1. The van der Waals surface area contributed by atoms with Crippen LogP contribution in [-0.4, -0.2) is 53.1 Å². The van der Waals surface area contributed by atoms with Gasteiger partial charge in [0.05, 0.1) is 6.61 Å². The molecule has 1 aliphatic rings. The lowest BCUT2D eigenvalue weighted by atomic mass is 10.0. The summed E-state index contributed by atoms with van der Waals surface area (Å²) in [6.07, 6.45) is 5.72. The van der Waals surface area contributed by atoms with Crippen LogP contribution in [0.15, 0.2) is 12.4 Å². The fraction of sp³-hybridized carbons (Fsp3) is 0.667. The van der Waals surface area contributed by atoms with Crippen LogP contribution in [0.3, 0.4) is 0 Å². The van der Waals surface area contributed by atoms with Crippen LogP contribution in [0.25, 0.3) is 0 Å². The van der Waals surface area contributed by atoms with Gasteiger partial charge in [0.1, 0.15) is 5.82 Å². The summed E-state index contributed by atoms with van der Waals surface area (Å²) in [5, 5.41) is 2.67. The van der Waals surface area contributed by atoms with Gasteiger partial charge in [-0.25, -0.2) is 9.97 Å². The highest BCUT2D eigenvalue weighted by Crippen LogP contribution is 2.19. The molecular weight excluding hydrogens is 268 g/mol. The van der Waals surface area contributed by atoms with Crippen molar-refractivity contribution in [3.05, 3.63) is 23.8 Å². The van der Waals surface area contributed by atoms with Crippen LogP contribution in [0.4, 0.5) is 0 Å². The maximum atomic E-state index is 11.9. The average molecular weight is 292 g/mol. The summed E-state index contributed by atoms with van der Waals surface area (Å²) in [4.78, 5) is 22.9. The molecule has 6 nitrogen and oxygen atoms in total. The summed E-state index contributed by atoms with van der Waals surface area (Å²) in [5.41, 5.74) is 0.284. The molecule has 1 aliphatic heterocycles. The third kappa shape index (κ3) is 3.98. The van der Waals surface area contributed by atoms with Crippen molar-refractivity contribution in [3.63, 3.8) is 0 Å². The highest BCUT2D eigenvalue weighted by Gasteiger charge is 2.38. The zero-order chi connectivity index (χ0) is 15.3. The van der Waals surface area contributed by atoms with Gasteiger partial charge in [-0.05, 0) is 13.3 Å². The van der Waals surface area contributed by atoms with E-state index in [1.54, 1.807) is 7.05 Å². The van der Waals surface area contributed by atoms with E-state index in [4.69, 9.17) is 4.74 Å². The zero-order valence-corrected chi connectivity index (χ0v) is 13.1. The number of rotatable bonds is 5. The van der Waals surface area contributed by atoms with E-state index in [9.17, 15) is 4.79 Å². The minimum atomic E-state index is -0.782. The fourth-order valence-corrected chi connectivity index (χ4v) is 2.56. The number of likely N-dealkylation sites (N-methyl/N-ethyl adjacent to an activating group) is 1. The number of nitrogens with one attached hydrogen (secondary N) is 1. The number of aryl methyl sites for hydroxylation is 1. The molecule has 1 fully saturated rings. The Morgan fingerprint density at radius 3 is 2.81 bits per heavy atom. The van der Waals surface area contributed by atoms with E-state index in [1.165, 1.54) is 0 Å². The molecule has 1 aromatic heterocycles. The smallest absolute Gasteiger partial charge is 0.253 e. The molecule has 0 unspecified atom stereocenters. The average Bonchev–Trinajstić information content (AvgIpc) is 2.49. The van der Waals surface area contributed by atoms with E-state index in [0.29, 0.717) is 13.2 Å². The molecule has 0 aliphatic carbocycles. The number of morpholine rings is 1. The molecule has 0 bridgehead atoms. The number of carbonyl (C=O) groups excluding carboxylic acids is 1. The predicted molar refractivity (Wildman–Crippen MR) is 79.7 cm³/mol. The van der Waals surface area contributed by atoms with Crippen molar-refractivity contribution in [1.29, 1.82) is 0 Å². The van der Waals surface area contributed by atoms with Crippen molar-refractivity contribution < 1.29 is 9.53 Å². The van der Waals surface area contributed by atoms with Gasteiger partial charge in [-0.3, -0.25) is 9.69 Å². The first-order valence-corrected chi connectivity index (χ1v) is 7.45. The number of carbonyl (C=O) groups is 1. The lowest BCUT2D eigenvalue weighted by Crippen LogP contribution is -2.57. The summed E-state index contributed by atoms with van der Waals surface area (Å²) >= 11 is 0. The molecule has 1 N–H and O–H groups in total. The fourth-order valence-electron chi connectivity index (χ4n) is 2.56. The van der Waals surface area contributed by atoms with Crippen LogP contribution < -0.4 is 5.32 Å². The number of ether oxygens (including phenoxy) is 1. The Morgan fingerprint density at radius 2 is 2.19 bits per heavy atom. The monoisotopic (exact) mass is 292 g/mol. The third-order valence-electron chi connectivity index (χ3n) is 3.70. The van der Waals surface area contributed by atoms with Crippen LogP contribution in [0.5, 0.6) is 0 Å². The molecule has 1 atom stereocenters. The molecule has 0 saturated carbocycles. The predicted octanol–water partition coefficient (Wildman–Crippen LogP) is 0.766. The van der Waals surface area contributed by atoms with Crippen molar-refractivity contribution in [3.8, 4) is 0 Å². The topological polar surface area (TPSA) is 67.4 Å². The van der Waals surface area contributed by atoms with Gasteiger partial charge in [0.15, 0.2) is 5.60 Å². The Morgan fingerprint density at radius 1 is 1.48 bits per heavy atom. The van der Waals surface area contributed by atoms with Crippen molar-refractivity contribution in [2.45, 2.75) is 38.8 Å². The summed E-state index contributed by atoms with van der Waals surface area (Å²) in [6.45, 7) is 6.62. The van der Waals surface area contributed by atoms with E-state index in [0.717, 1.165) is 37.3 Å². The van der Waals surface area contributed by atoms with E-state index in [2.05, 4.69) is 27.1 Å². The van der Waals surface area contributed by atoms with Gasteiger partial charge in [0.25, 0.3) is 5.91 Å². The molecular formula is C15H24N4O2. The molecule has 1 saturated heterocycles. The van der Waals surface area contributed by atoms with Crippen LogP contribution in [-0.2, 0) is 22.5 Å². The first-order chi connectivity index (χ1) is 10.1. The maximum absolute atomic E-state index is 11.9.